The zero-order valence-corrected chi connectivity index (χ0v) is 15.0. The molecule has 2 aromatic rings. The second kappa shape index (κ2) is 9.05. The van der Waals surface area contributed by atoms with Crippen LogP contribution < -0.4 is 10.6 Å². The number of benzene rings is 2. The van der Waals surface area contributed by atoms with E-state index in [9.17, 15) is 9.36 Å². The summed E-state index contributed by atoms with van der Waals surface area (Å²) in [6.45, 7) is 7.55. The van der Waals surface area contributed by atoms with Crippen LogP contribution in [0.3, 0.4) is 0 Å². The highest BCUT2D eigenvalue weighted by Crippen LogP contribution is 2.46. The number of ether oxygens (including phenoxy) is 1. The average molecular weight is 355 g/mol. The van der Waals surface area contributed by atoms with Crippen molar-refractivity contribution in [2.45, 2.75) is 6.61 Å². The molecule has 130 valence electrons. The van der Waals surface area contributed by atoms with Crippen LogP contribution in [0.1, 0.15) is 5.56 Å². The topological polar surface area (TPSA) is 55.4 Å². The maximum Gasteiger partial charge on any atom is 0.411 e. The summed E-state index contributed by atoms with van der Waals surface area (Å²) >= 11 is 0. The van der Waals surface area contributed by atoms with Crippen LogP contribution in [0.4, 0.5) is 10.5 Å². The summed E-state index contributed by atoms with van der Waals surface area (Å²) in [7, 11) is -2.75. The van der Waals surface area contributed by atoms with Crippen LogP contribution in [-0.4, -0.2) is 18.4 Å². The Hall–Kier alpha value is -2.58. The number of rotatable bonds is 8. The molecule has 0 aliphatic carbocycles. The maximum absolute atomic E-state index is 13.3. The molecule has 2 rings (SSSR count). The normalized spacial score (nSPS) is 10.7. The van der Waals surface area contributed by atoms with Gasteiger partial charge in [0.25, 0.3) is 0 Å². The Morgan fingerprint density at radius 2 is 1.60 bits per heavy atom. The quantitative estimate of drug-likeness (QED) is 0.547. The van der Waals surface area contributed by atoms with Gasteiger partial charge in [0.05, 0.1) is 5.69 Å². The highest BCUT2D eigenvalue weighted by molar-refractivity contribution is 7.72. The van der Waals surface area contributed by atoms with Gasteiger partial charge in [-0.15, -0.1) is 13.2 Å². The number of anilines is 1. The van der Waals surface area contributed by atoms with Crippen LogP contribution >= 0.6 is 7.14 Å². The minimum atomic E-state index is -2.75. The molecule has 0 aliphatic heterocycles. The van der Waals surface area contributed by atoms with Crippen LogP contribution in [0.25, 0.3) is 0 Å². The third kappa shape index (κ3) is 5.20. The monoisotopic (exact) mass is 355 g/mol. The van der Waals surface area contributed by atoms with Crippen molar-refractivity contribution in [3.05, 3.63) is 85.5 Å². The first kappa shape index (κ1) is 18.8. The molecule has 0 bridgehead atoms. The summed E-state index contributed by atoms with van der Waals surface area (Å²) in [5.41, 5.74) is 1.39. The Bertz CT molecular complexity index is 773. The number of allylic oxidation sites excluding steroid dienone is 2. The van der Waals surface area contributed by atoms with Crippen molar-refractivity contribution in [2.24, 2.45) is 0 Å². The molecule has 0 saturated carbocycles. The standard InChI is InChI=1S/C20H22NO3P/c1-3-14-25(23,15-4-2)19-13-9-8-12-18(19)21-20(22)24-16-17-10-6-5-7-11-17/h3-13H,1-2,14-16H2,(H,21,22). The molecule has 0 atom stereocenters. The molecule has 0 fully saturated rings. The van der Waals surface area contributed by atoms with Crippen molar-refractivity contribution in [3.63, 3.8) is 0 Å². The first-order chi connectivity index (χ1) is 12.1. The van der Waals surface area contributed by atoms with E-state index in [0.29, 0.717) is 23.3 Å². The van der Waals surface area contributed by atoms with Gasteiger partial charge in [0.15, 0.2) is 0 Å². The maximum atomic E-state index is 13.3. The predicted molar refractivity (Wildman–Crippen MR) is 104 cm³/mol. The lowest BCUT2D eigenvalue weighted by Crippen LogP contribution is -2.21. The van der Waals surface area contributed by atoms with E-state index in [-0.39, 0.29) is 6.61 Å². The van der Waals surface area contributed by atoms with Gasteiger partial charge in [-0.1, -0.05) is 54.6 Å². The largest absolute Gasteiger partial charge is 0.444 e. The van der Waals surface area contributed by atoms with Crippen LogP contribution in [0, 0.1) is 0 Å². The molecule has 0 aromatic heterocycles. The molecule has 0 unspecified atom stereocenters. The van der Waals surface area contributed by atoms with Crippen LogP contribution in [0.2, 0.25) is 0 Å². The Morgan fingerprint density at radius 1 is 1.00 bits per heavy atom. The summed E-state index contributed by atoms with van der Waals surface area (Å²) in [5, 5.41) is 3.30. The molecule has 1 amide bonds. The summed E-state index contributed by atoms with van der Waals surface area (Å²) in [6.07, 6.45) is 3.37. The zero-order chi connectivity index (χ0) is 18.1. The lowest BCUT2D eigenvalue weighted by Gasteiger charge is -2.19. The highest BCUT2D eigenvalue weighted by atomic mass is 31.2. The molecular formula is C20H22NO3P. The van der Waals surface area contributed by atoms with Gasteiger partial charge in [0, 0.05) is 17.6 Å². The molecule has 0 heterocycles. The molecule has 0 radical (unpaired) electrons. The van der Waals surface area contributed by atoms with E-state index < -0.39 is 13.2 Å². The third-order valence-electron chi connectivity index (χ3n) is 3.64. The van der Waals surface area contributed by atoms with E-state index >= 15 is 0 Å². The first-order valence-electron chi connectivity index (χ1n) is 7.96. The van der Waals surface area contributed by atoms with Crippen molar-refractivity contribution in [1.82, 2.24) is 0 Å². The van der Waals surface area contributed by atoms with Crippen molar-refractivity contribution in [3.8, 4) is 0 Å². The summed E-state index contributed by atoms with van der Waals surface area (Å²) in [4.78, 5) is 12.1. The zero-order valence-electron chi connectivity index (χ0n) is 14.1. The van der Waals surface area contributed by atoms with E-state index in [2.05, 4.69) is 18.5 Å². The average Bonchev–Trinajstić information content (AvgIpc) is 2.62. The molecular weight excluding hydrogens is 333 g/mol. The van der Waals surface area contributed by atoms with Crippen molar-refractivity contribution < 1.29 is 14.1 Å². The summed E-state index contributed by atoms with van der Waals surface area (Å²) in [6, 6.07) is 16.5. The van der Waals surface area contributed by atoms with E-state index in [1.165, 1.54) is 0 Å². The Morgan fingerprint density at radius 3 is 2.24 bits per heavy atom. The number of hydrogen-bond acceptors (Lipinski definition) is 3. The van der Waals surface area contributed by atoms with E-state index in [1.54, 1.807) is 36.4 Å². The van der Waals surface area contributed by atoms with Gasteiger partial charge in [-0.3, -0.25) is 5.32 Å². The first-order valence-corrected chi connectivity index (χ1v) is 10.0. The van der Waals surface area contributed by atoms with Gasteiger partial charge in [-0.2, -0.15) is 0 Å². The predicted octanol–water partition coefficient (Wildman–Crippen LogP) is 4.80. The van der Waals surface area contributed by atoms with Gasteiger partial charge in [0.1, 0.15) is 13.7 Å². The Kier molecular flexibility index (Phi) is 6.79. The van der Waals surface area contributed by atoms with E-state index in [4.69, 9.17) is 4.74 Å². The lowest BCUT2D eigenvalue weighted by atomic mass is 10.2. The van der Waals surface area contributed by atoms with Crippen LogP contribution in [0.5, 0.6) is 0 Å². The minimum absolute atomic E-state index is 0.172. The molecule has 0 aliphatic rings. The fourth-order valence-electron chi connectivity index (χ4n) is 2.49. The van der Waals surface area contributed by atoms with Gasteiger partial charge in [-0.05, 0) is 17.7 Å². The molecule has 1 N–H and O–H groups in total. The van der Waals surface area contributed by atoms with Gasteiger partial charge >= 0.3 is 6.09 Å². The number of para-hydroxylation sites is 1. The van der Waals surface area contributed by atoms with Crippen LogP contribution in [-0.2, 0) is 15.9 Å². The second-order valence-electron chi connectivity index (χ2n) is 5.54. The lowest BCUT2D eigenvalue weighted by molar-refractivity contribution is 0.155. The van der Waals surface area contributed by atoms with Gasteiger partial charge in [-0.25, -0.2) is 4.79 Å². The van der Waals surface area contributed by atoms with E-state index in [0.717, 1.165) is 5.56 Å². The van der Waals surface area contributed by atoms with E-state index in [1.807, 2.05) is 30.3 Å². The number of carbonyl (C=O) groups excluding carboxylic acids is 1. The molecule has 2 aromatic carbocycles. The number of nitrogens with one attached hydrogen (secondary N) is 1. The third-order valence-corrected chi connectivity index (χ3v) is 6.60. The van der Waals surface area contributed by atoms with Crippen molar-refractivity contribution in [1.29, 1.82) is 0 Å². The minimum Gasteiger partial charge on any atom is -0.444 e. The van der Waals surface area contributed by atoms with Crippen molar-refractivity contribution >= 4 is 24.2 Å². The Balaban J connectivity index is 2.14. The molecule has 25 heavy (non-hydrogen) atoms. The molecule has 0 saturated heterocycles. The fraction of sp³-hybridized carbons (Fsp3) is 0.150. The molecule has 4 nitrogen and oxygen atoms in total. The smallest absolute Gasteiger partial charge is 0.411 e. The molecule has 0 spiro atoms. The highest BCUT2D eigenvalue weighted by Gasteiger charge is 2.25. The van der Waals surface area contributed by atoms with Gasteiger partial charge in [0.2, 0.25) is 0 Å². The SMILES string of the molecule is C=CCP(=O)(CC=C)c1ccccc1NC(=O)OCc1ccccc1. The number of hydrogen-bond donors (Lipinski definition) is 1. The number of amides is 1. The Labute approximate surface area is 148 Å². The molecule has 5 heteroatoms. The van der Waals surface area contributed by atoms with Crippen molar-refractivity contribution in [2.75, 3.05) is 17.6 Å². The summed E-state index contributed by atoms with van der Waals surface area (Å²) < 4.78 is 18.5. The van der Waals surface area contributed by atoms with Crippen LogP contribution in [0.15, 0.2) is 79.9 Å². The van der Waals surface area contributed by atoms with Gasteiger partial charge < -0.3 is 9.30 Å². The number of carbonyl (C=O) groups is 1. The fourth-order valence-corrected chi connectivity index (χ4v) is 4.80. The summed E-state index contributed by atoms with van der Waals surface area (Å²) in [5.74, 6) is 0. The second-order valence-corrected chi connectivity index (χ2v) is 8.53.